The first-order chi connectivity index (χ1) is 5.74. The molecule has 0 aliphatic rings. The van der Waals surface area contributed by atoms with Crippen molar-refractivity contribution in [3.8, 4) is 0 Å². The Bertz CT molecular complexity index is 87.0. The Kier molecular flexibility index (Phi) is 6.39. The molecule has 0 spiro atoms. The van der Waals surface area contributed by atoms with Crippen LogP contribution in [0.1, 0.15) is 46.5 Å². The summed E-state index contributed by atoms with van der Waals surface area (Å²) in [6.45, 7) is 7.83. The summed E-state index contributed by atoms with van der Waals surface area (Å²) in [6.07, 6.45) is 4.48. The third kappa shape index (κ3) is 3.55. The maximum absolute atomic E-state index is 5.74. The number of nitrogens with two attached hydrogens (primary N) is 1. The minimum Gasteiger partial charge on any atom is -0.374 e. The van der Waals surface area contributed by atoms with E-state index >= 15 is 0 Å². The molecule has 0 aromatic heterocycles. The average molecular weight is 173 g/mol. The van der Waals surface area contributed by atoms with Gasteiger partial charge in [-0.25, -0.2) is 0 Å². The van der Waals surface area contributed by atoms with Gasteiger partial charge in [-0.15, -0.1) is 0 Å². The molecular formula is C10H23NO. The standard InChI is InChI=1S/C10H23NO/c1-4-7-10(9-11,8-5-2)12-6-3/h4-9,11H2,1-3H3. The van der Waals surface area contributed by atoms with Gasteiger partial charge in [-0.2, -0.15) is 0 Å². The molecule has 0 saturated carbocycles. The highest BCUT2D eigenvalue weighted by Crippen LogP contribution is 2.22. The SMILES string of the molecule is CCCC(CN)(CCC)OCC. The number of rotatable bonds is 7. The molecule has 12 heavy (non-hydrogen) atoms. The lowest BCUT2D eigenvalue weighted by Crippen LogP contribution is -2.40. The zero-order valence-corrected chi connectivity index (χ0v) is 8.73. The van der Waals surface area contributed by atoms with Crippen molar-refractivity contribution >= 4 is 0 Å². The summed E-state index contributed by atoms with van der Waals surface area (Å²) in [5, 5.41) is 0. The molecule has 0 radical (unpaired) electrons. The predicted octanol–water partition coefficient (Wildman–Crippen LogP) is 2.32. The summed E-state index contributed by atoms with van der Waals surface area (Å²) in [6, 6.07) is 0. The van der Waals surface area contributed by atoms with E-state index in [4.69, 9.17) is 10.5 Å². The van der Waals surface area contributed by atoms with E-state index in [1.54, 1.807) is 0 Å². The quantitative estimate of drug-likeness (QED) is 0.641. The number of ether oxygens (including phenoxy) is 1. The Morgan fingerprint density at radius 2 is 1.58 bits per heavy atom. The van der Waals surface area contributed by atoms with Gasteiger partial charge < -0.3 is 10.5 Å². The molecule has 0 unspecified atom stereocenters. The Balaban J connectivity index is 4.06. The minimum atomic E-state index is -0.0295. The molecular weight excluding hydrogens is 150 g/mol. The molecule has 74 valence electrons. The number of hydrogen-bond donors (Lipinski definition) is 1. The number of hydrogen-bond acceptors (Lipinski definition) is 2. The molecule has 0 heterocycles. The van der Waals surface area contributed by atoms with Crippen molar-refractivity contribution in [3.63, 3.8) is 0 Å². The molecule has 2 nitrogen and oxygen atoms in total. The van der Waals surface area contributed by atoms with Crippen LogP contribution < -0.4 is 5.73 Å². The second-order valence-corrected chi connectivity index (χ2v) is 3.32. The molecule has 0 saturated heterocycles. The largest absolute Gasteiger partial charge is 0.374 e. The highest BCUT2D eigenvalue weighted by Gasteiger charge is 2.26. The molecule has 0 rings (SSSR count). The summed E-state index contributed by atoms with van der Waals surface area (Å²) < 4.78 is 5.73. The first-order valence-electron chi connectivity index (χ1n) is 5.08. The van der Waals surface area contributed by atoms with E-state index in [-0.39, 0.29) is 5.60 Å². The Morgan fingerprint density at radius 3 is 1.83 bits per heavy atom. The van der Waals surface area contributed by atoms with Crippen LogP contribution in [-0.4, -0.2) is 18.8 Å². The van der Waals surface area contributed by atoms with E-state index in [1.807, 2.05) is 6.92 Å². The summed E-state index contributed by atoms with van der Waals surface area (Å²) in [5.41, 5.74) is 5.71. The van der Waals surface area contributed by atoms with Crippen LogP contribution in [0.5, 0.6) is 0 Å². The van der Waals surface area contributed by atoms with Crippen LogP contribution in [-0.2, 0) is 4.74 Å². The summed E-state index contributed by atoms with van der Waals surface area (Å²) in [7, 11) is 0. The van der Waals surface area contributed by atoms with Crippen molar-refractivity contribution in [1.29, 1.82) is 0 Å². The van der Waals surface area contributed by atoms with E-state index in [2.05, 4.69) is 13.8 Å². The van der Waals surface area contributed by atoms with Crippen molar-refractivity contribution in [2.45, 2.75) is 52.1 Å². The fourth-order valence-electron chi connectivity index (χ4n) is 1.75. The fraction of sp³-hybridized carbons (Fsp3) is 1.00. The normalized spacial score (nSPS) is 12.0. The molecule has 0 aromatic rings. The molecule has 0 fully saturated rings. The topological polar surface area (TPSA) is 35.2 Å². The lowest BCUT2D eigenvalue weighted by Gasteiger charge is -2.31. The first-order valence-corrected chi connectivity index (χ1v) is 5.08. The second kappa shape index (κ2) is 6.44. The smallest absolute Gasteiger partial charge is 0.0803 e. The van der Waals surface area contributed by atoms with Gasteiger partial charge in [0.1, 0.15) is 0 Å². The summed E-state index contributed by atoms with van der Waals surface area (Å²) >= 11 is 0. The van der Waals surface area contributed by atoms with Crippen LogP contribution in [0, 0.1) is 0 Å². The molecule has 0 atom stereocenters. The van der Waals surface area contributed by atoms with Crippen LogP contribution in [0.3, 0.4) is 0 Å². The van der Waals surface area contributed by atoms with Gasteiger partial charge in [0.25, 0.3) is 0 Å². The van der Waals surface area contributed by atoms with Gasteiger partial charge in [-0.3, -0.25) is 0 Å². The van der Waals surface area contributed by atoms with Crippen LogP contribution >= 0.6 is 0 Å². The zero-order valence-electron chi connectivity index (χ0n) is 8.73. The third-order valence-corrected chi connectivity index (χ3v) is 2.23. The molecule has 2 heteroatoms. The third-order valence-electron chi connectivity index (χ3n) is 2.23. The maximum Gasteiger partial charge on any atom is 0.0803 e. The van der Waals surface area contributed by atoms with E-state index in [1.165, 1.54) is 0 Å². The van der Waals surface area contributed by atoms with Gasteiger partial charge in [-0.1, -0.05) is 26.7 Å². The van der Waals surface area contributed by atoms with E-state index in [9.17, 15) is 0 Å². The van der Waals surface area contributed by atoms with Crippen LogP contribution in [0.15, 0.2) is 0 Å². The van der Waals surface area contributed by atoms with Crippen LogP contribution in [0.25, 0.3) is 0 Å². The van der Waals surface area contributed by atoms with Crippen LogP contribution in [0.2, 0.25) is 0 Å². The minimum absolute atomic E-state index is 0.0295. The van der Waals surface area contributed by atoms with Gasteiger partial charge >= 0.3 is 0 Å². The van der Waals surface area contributed by atoms with Gasteiger partial charge in [-0.05, 0) is 19.8 Å². The summed E-state index contributed by atoms with van der Waals surface area (Å²) in [4.78, 5) is 0. The lowest BCUT2D eigenvalue weighted by molar-refractivity contribution is -0.0454. The second-order valence-electron chi connectivity index (χ2n) is 3.32. The Hall–Kier alpha value is -0.0800. The fourth-order valence-corrected chi connectivity index (χ4v) is 1.75. The maximum atomic E-state index is 5.74. The van der Waals surface area contributed by atoms with E-state index in [0.717, 1.165) is 32.3 Å². The van der Waals surface area contributed by atoms with Gasteiger partial charge in [0, 0.05) is 13.2 Å². The molecule has 0 aromatic carbocycles. The Morgan fingerprint density at radius 1 is 1.08 bits per heavy atom. The highest BCUT2D eigenvalue weighted by atomic mass is 16.5. The molecule has 0 amide bonds. The first kappa shape index (κ1) is 11.9. The average Bonchev–Trinajstić information content (AvgIpc) is 2.06. The molecule has 2 N–H and O–H groups in total. The van der Waals surface area contributed by atoms with Crippen molar-refractivity contribution in [2.75, 3.05) is 13.2 Å². The zero-order chi connectivity index (χ0) is 9.45. The van der Waals surface area contributed by atoms with Crippen molar-refractivity contribution in [2.24, 2.45) is 5.73 Å². The summed E-state index contributed by atoms with van der Waals surface area (Å²) in [5.74, 6) is 0. The van der Waals surface area contributed by atoms with Gasteiger partial charge in [0.15, 0.2) is 0 Å². The molecule has 0 aliphatic heterocycles. The monoisotopic (exact) mass is 173 g/mol. The van der Waals surface area contributed by atoms with E-state index < -0.39 is 0 Å². The predicted molar refractivity (Wildman–Crippen MR) is 53.2 cm³/mol. The van der Waals surface area contributed by atoms with E-state index in [0.29, 0.717) is 6.54 Å². The molecule has 0 bridgehead atoms. The van der Waals surface area contributed by atoms with Crippen molar-refractivity contribution < 1.29 is 4.74 Å². The van der Waals surface area contributed by atoms with Crippen LogP contribution in [0.4, 0.5) is 0 Å². The van der Waals surface area contributed by atoms with Gasteiger partial charge in [0.05, 0.1) is 5.60 Å². The lowest BCUT2D eigenvalue weighted by atomic mass is 9.92. The Labute approximate surface area is 76.5 Å². The molecule has 0 aliphatic carbocycles. The highest BCUT2D eigenvalue weighted by molar-refractivity contribution is 4.80. The van der Waals surface area contributed by atoms with Crippen molar-refractivity contribution in [3.05, 3.63) is 0 Å². The van der Waals surface area contributed by atoms with Crippen molar-refractivity contribution in [1.82, 2.24) is 0 Å². The van der Waals surface area contributed by atoms with Gasteiger partial charge in [0.2, 0.25) is 0 Å².